The summed E-state index contributed by atoms with van der Waals surface area (Å²) < 4.78 is 0. The molecular weight excluding hydrogens is 240 g/mol. The number of hydrogen-bond acceptors (Lipinski definition) is 3. The van der Waals surface area contributed by atoms with E-state index in [-0.39, 0.29) is 0 Å². The van der Waals surface area contributed by atoms with E-state index in [0.717, 1.165) is 11.7 Å². The van der Waals surface area contributed by atoms with Crippen LogP contribution in [-0.2, 0) is 5.75 Å². The van der Waals surface area contributed by atoms with E-state index in [1.54, 1.807) is 0 Å². The molecule has 0 bridgehead atoms. The maximum atomic E-state index is 3.29. The smallest absolute Gasteiger partial charge is 0.0185 e. The Morgan fingerprint density at radius 2 is 2.17 bits per heavy atom. The number of hydrogen-bond donors (Lipinski definition) is 1. The van der Waals surface area contributed by atoms with Gasteiger partial charge in [0.05, 0.1) is 0 Å². The third kappa shape index (κ3) is 4.63. The molecule has 2 rings (SSSR count). The molecule has 1 saturated heterocycles. The molecule has 3 heteroatoms. The van der Waals surface area contributed by atoms with Crippen molar-refractivity contribution in [3.05, 3.63) is 35.9 Å². The minimum absolute atomic E-state index is 0.870. The summed E-state index contributed by atoms with van der Waals surface area (Å²) in [4.78, 5) is 2.61. The second-order valence-electron chi connectivity index (χ2n) is 5.05. The molecule has 1 aliphatic rings. The lowest BCUT2D eigenvalue weighted by Crippen LogP contribution is -2.26. The minimum atomic E-state index is 0.870. The van der Waals surface area contributed by atoms with Crippen molar-refractivity contribution in [2.24, 2.45) is 5.92 Å². The van der Waals surface area contributed by atoms with Gasteiger partial charge in [0.15, 0.2) is 0 Å². The maximum Gasteiger partial charge on any atom is 0.0185 e. The number of nitrogens with one attached hydrogen (secondary N) is 1. The molecule has 1 N–H and O–H groups in total. The first-order valence-electron chi connectivity index (χ1n) is 6.87. The van der Waals surface area contributed by atoms with Crippen LogP contribution in [0.1, 0.15) is 12.0 Å². The number of nitrogens with zero attached hydrogens (tertiary/aromatic N) is 1. The first kappa shape index (κ1) is 13.9. The number of benzene rings is 1. The van der Waals surface area contributed by atoms with Crippen molar-refractivity contribution in [2.45, 2.75) is 12.2 Å². The summed E-state index contributed by atoms with van der Waals surface area (Å²) in [5, 5.41) is 3.29. The molecule has 1 unspecified atom stereocenters. The maximum absolute atomic E-state index is 3.29. The summed E-state index contributed by atoms with van der Waals surface area (Å²) >= 11 is 2.05. The molecule has 1 fully saturated rings. The molecule has 1 aromatic carbocycles. The van der Waals surface area contributed by atoms with Crippen LogP contribution in [0.15, 0.2) is 30.3 Å². The van der Waals surface area contributed by atoms with Gasteiger partial charge < -0.3 is 10.2 Å². The van der Waals surface area contributed by atoms with E-state index in [1.807, 2.05) is 0 Å². The van der Waals surface area contributed by atoms with E-state index in [0.29, 0.717) is 0 Å². The van der Waals surface area contributed by atoms with Gasteiger partial charge in [-0.2, -0.15) is 11.8 Å². The molecule has 0 aromatic heterocycles. The summed E-state index contributed by atoms with van der Waals surface area (Å²) in [7, 11) is 2.05. The highest BCUT2D eigenvalue weighted by Gasteiger charge is 2.20. The zero-order valence-corrected chi connectivity index (χ0v) is 12.1. The molecule has 0 amide bonds. The SMILES string of the molecule is CNCC1CCN(CCSCc2ccccc2)C1. The number of likely N-dealkylation sites (tertiary alicyclic amines) is 1. The van der Waals surface area contributed by atoms with Crippen LogP contribution in [0.2, 0.25) is 0 Å². The van der Waals surface area contributed by atoms with E-state index in [9.17, 15) is 0 Å². The zero-order valence-electron chi connectivity index (χ0n) is 11.3. The second kappa shape index (κ2) is 7.82. The third-order valence-corrected chi connectivity index (χ3v) is 4.53. The molecule has 2 nitrogen and oxygen atoms in total. The van der Waals surface area contributed by atoms with Gasteiger partial charge in [0.1, 0.15) is 0 Å². The summed E-state index contributed by atoms with van der Waals surface area (Å²) in [6.07, 6.45) is 1.37. The Balaban J connectivity index is 1.56. The van der Waals surface area contributed by atoms with Crippen molar-refractivity contribution >= 4 is 11.8 Å². The highest BCUT2D eigenvalue weighted by atomic mass is 32.2. The molecule has 1 heterocycles. The minimum Gasteiger partial charge on any atom is -0.319 e. The summed E-state index contributed by atoms with van der Waals surface area (Å²) in [6, 6.07) is 10.8. The summed E-state index contributed by atoms with van der Waals surface area (Å²) in [6.45, 7) is 5.00. The fourth-order valence-electron chi connectivity index (χ4n) is 2.53. The average Bonchev–Trinajstić information content (AvgIpc) is 2.84. The molecule has 0 spiro atoms. The van der Waals surface area contributed by atoms with E-state index in [4.69, 9.17) is 0 Å². The largest absolute Gasteiger partial charge is 0.319 e. The standard InChI is InChI=1S/C15H24N2S/c1-16-11-15-7-8-17(12-15)9-10-18-13-14-5-3-2-4-6-14/h2-6,15-16H,7-13H2,1H3. The summed E-state index contributed by atoms with van der Waals surface area (Å²) in [5.74, 6) is 3.27. The van der Waals surface area contributed by atoms with Gasteiger partial charge in [-0.05, 0) is 38.0 Å². The van der Waals surface area contributed by atoms with Gasteiger partial charge in [-0.3, -0.25) is 0 Å². The molecular formula is C15H24N2S. The lowest BCUT2D eigenvalue weighted by molar-refractivity contribution is 0.343. The molecule has 0 radical (unpaired) electrons. The van der Waals surface area contributed by atoms with Gasteiger partial charge in [0.2, 0.25) is 0 Å². The fraction of sp³-hybridized carbons (Fsp3) is 0.600. The van der Waals surface area contributed by atoms with Crippen molar-refractivity contribution in [3.63, 3.8) is 0 Å². The van der Waals surface area contributed by atoms with Gasteiger partial charge in [0, 0.05) is 24.6 Å². The van der Waals surface area contributed by atoms with Crippen LogP contribution < -0.4 is 5.32 Å². The fourth-order valence-corrected chi connectivity index (χ4v) is 3.49. The van der Waals surface area contributed by atoms with E-state index in [1.165, 1.54) is 43.9 Å². The third-order valence-electron chi connectivity index (χ3n) is 3.53. The molecule has 1 atom stereocenters. The number of thioether (sulfide) groups is 1. The van der Waals surface area contributed by atoms with Gasteiger partial charge in [-0.15, -0.1) is 0 Å². The van der Waals surface area contributed by atoms with Crippen LogP contribution in [0.25, 0.3) is 0 Å². The molecule has 18 heavy (non-hydrogen) atoms. The van der Waals surface area contributed by atoms with Crippen LogP contribution in [-0.4, -0.2) is 43.9 Å². The molecule has 0 aliphatic carbocycles. The van der Waals surface area contributed by atoms with E-state index >= 15 is 0 Å². The molecule has 1 aliphatic heterocycles. The highest BCUT2D eigenvalue weighted by molar-refractivity contribution is 7.98. The Morgan fingerprint density at radius 1 is 1.33 bits per heavy atom. The van der Waals surface area contributed by atoms with Gasteiger partial charge >= 0.3 is 0 Å². The first-order valence-corrected chi connectivity index (χ1v) is 8.02. The quantitative estimate of drug-likeness (QED) is 0.762. The van der Waals surface area contributed by atoms with Crippen molar-refractivity contribution in [2.75, 3.05) is 39.0 Å². The van der Waals surface area contributed by atoms with Crippen LogP contribution >= 0.6 is 11.8 Å². The van der Waals surface area contributed by atoms with E-state index < -0.39 is 0 Å². The Labute approximate surface area is 115 Å². The van der Waals surface area contributed by atoms with Crippen LogP contribution in [0, 0.1) is 5.92 Å². The molecule has 100 valence electrons. The van der Waals surface area contributed by atoms with Crippen molar-refractivity contribution in [1.82, 2.24) is 10.2 Å². The lowest BCUT2D eigenvalue weighted by atomic mass is 10.1. The monoisotopic (exact) mass is 264 g/mol. The van der Waals surface area contributed by atoms with Gasteiger partial charge in [0.25, 0.3) is 0 Å². The Bertz CT molecular complexity index is 329. The predicted molar refractivity (Wildman–Crippen MR) is 81.1 cm³/mol. The summed E-state index contributed by atoms with van der Waals surface area (Å²) in [5.41, 5.74) is 1.44. The normalized spacial score (nSPS) is 20.4. The predicted octanol–water partition coefficient (Wildman–Crippen LogP) is 2.46. The van der Waals surface area contributed by atoms with Crippen LogP contribution in [0.4, 0.5) is 0 Å². The van der Waals surface area contributed by atoms with Gasteiger partial charge in [-0.25, -0.2) is 0 Å². The highest BCUT2D eigenvalue weighted by Crippen LogP contribution is 2.17. The van der Waals surface area contributed by atoms with Crippen molar-refractivity contribution in [3.8, 4) is 0 Å². The molecule has 0 saturated carbocycles. The topological polar surface area (TPSA) is 15.3 Å². The molecule has 1 aromatic rings. The Kier molecular flexibility index (Phi) is 6.05. The Morgan fingerprint density at radius 3 is 2.94 bits per heavy atom. The van der Waals surface area contributed by atoms with E-state index in [2.05, 4.69) is 59.4 Å². The lowest BCUT2D eigenvalue weighted by Gasteiger charge is -2.15. The first-order chi connectivity index (χ1) is 8.88. The average molecular weight is 264 g/mol. The van der Waals surface area contributed by atoms with Gasteiger partial charge in [-0.1, -0.05) is 30.3 Å². The number of rotatable bonds is 7. The van der Waals surface area contributed by atoms with Crippen LogP contribution in [0.3, 0.4) is 0 Å². The van der Waals surface area contributed by atoms with Crippen molar-refractivity contribution in [1.29, 1.82) is 0 Å². The van der Waals surface area contributed by atoms with Crippen molar-refractivity contribution < 1.29 is 0 Å². The zero-order chi connectivity index (χ0) is 12.6. The second-order valence-corrected chi connectivity index (χ2v) is 6.16. The Hall–Kier alpha value is -0.510. The van der Waals surface area contributed by atoms with Crippen LogP contribution in [0.5, 0.6) is 0 Å².